The number of anilines is 1. The van der Waals surface area contributed by atoms with Crippen LogP contribution in [0.5, 0.6) is 5.75 Å². The number of ether oxygens (including phenoxy) is 1. The molecule has 1 aromatic carbocycles. The van der Waals surface area contributed by atoms with E-state index in [0.717, 1.165) is 0 Å². The highest BCUT2D eigenvalue weighted by atomic mass is 16.5. The zero-order valence-corrected chi connectivity index (χ0v) is 15.8. The summed E-state index contributed by atoms with van der Waals surface area (Å²) in [6, 6.07) is 4.82. The van der Waals surface area contributed by atoms with Gasteiger partial charge in [0.05, 0.1) is 18.8 Å². The summed E-state index contributed by atoms with van der Waals surface area (Å²) in [5, 5.41) is 21.3. The number of aliphatic imine (C=N–C) groups is 2. The van der Waals surface area contributed by atoms with Crippen LogP contribution in [0.4, 0.5) is 5.69 Å². The quantitative estimate of drug-likeness (QED) is 0.288. The molecule has 1 aromatic rings. The summed E-state index contributed by atoms with van der Waals surface area (Å²) in [6.45, 7) is 0.776. The Bertz CT molecular complexity index is 739. The predicted molar refractivity (Wildman–Crippen MR) is 106 cm³/mol. The Morgan fingerprint density at radius 1 is 1.33 bits per heavy atom. The molecule has 1 rings (SSSR count). The predicted octanol–water partition coefficient (Wildman–Crippen LogP) is -0.531. The molecule has 0 aliphatic rings. The second-order valence-electron chi connectivity index (χ2n) is 6.09. The Balaban J connectivity index is 3.04. The van der Waals surface area contributed by atoms with Crippen molar-refractivity contribution >= 4 is 23.5 Å². The highest BCUT2D eigenvalue weighted by molar-refractivity contribution is 6.46. The van der Waals surface area contributed by atoms with E-state index in [1.54, 1.807) is 37.5 Å². The van der Waals surface area contributed by atoms with Gasteiger partial charge in [0.25, 0.3) is 5.91 Å². The van der Waals surface area contributed by atoms with E-state index in [9.17, 15) is 15.0 Å². The maximum atomic E-state index is 12.6. The number of carbonyl (C=O) groups excluding carboxylic acids is 1. The smallest absolute Gasteiger partial charge is 0.270 e. The van der Waals surface area contributed by atoms with E-state index in [1.165, 1.54) is 14.0 Å². The molecule has 0 aliphatic carbocycles. The van der Waals surface area contributed by atoms with Crippen LogP contribution in [-0.4, -0.2) is 67.5 Å². The number of aliphatic hydroxyl groups excluding tert-OH is 2. The largest absolute Gasteiger partial charge is 0.487 e. The summed E-state index contributed by atoms with van der Waals surface area (Å²) < 4.78 is 5.60. The average Bonchev–Trinajstić information content (AvgIpc) is 2.66. The number of amides is 1. The van der Waals surface area contributed by atoms with Gasteiger partial charge in [-0.1, -0.05) is 0 Å². The molecule has 0 bridgehead atoms. The van der Waals surface area contributed by atoms with Gasteiger partial charge in [0.15, 0.2) is 0 Å². The Morgan fingerprint density at radius 2 is 2.00 bits per heavy atom. The molecule has 0 saturated carbocycles. The fourth-order valence-electron chi connectivity index (χ4n) is 2.02. The normalized spacial score (nSPS) is 13.1. The summed E-state index contributed by atoms with van der Waals surface area (Å²) >= 11 is 0. The molecule has 1 amide bonds. The molecule has 9 nitrogen and oxygen atoms in total. The van der Waals surface area contributed by atoms with Crippen molar-refractivity contribution in [2.24, 2.45) is 15.7 Å². The van der Waals surface area contributed by atoms with E-state index < -0.39 is 24.7 Å². The van der Waals surface area contributed by atoms with Crippen molar-refractivity contribution in [3.05, 3.63) is 35.5 Å². The van der Waals surface area contributed by atoms with Crippen molar-refractivity contribution in [3.63, 3.8) is 0 Å². The number of nitrogens with two attached hydrogens (primary N) is 2. The zero-order chi connectivity index (χ0) is 20.4. The average molecular weight is 377 g/mol. The van der Waals surface area contributed by atoms with Crippen molar-refractivity contribution in [2.45, 2.75) is 12.5 Å². The second-order valence-corrected chi connectivity index (χ2v) is 6.09. The van der Waals surface area contributed by atoms with Gasteiger partial charge in [0, 0.05) is 37.3 Å². The SMILES string of the molecule is CN=CC=C(N)COc1ccc(N)c(C(=NC)C(=O)NC(C)(CO)CO)c1. The van der Waals surface area contributed by atoms with E-state index >= 15 is 0 Å². The molecule has 148 valence electrons. The number of nitrogen functional groups attached to an aromatic ring is 1. The lowest BCUT2D eigenvalue weighted by Gasteiger charge is -2.26. The molecule has 7 N–H and O–H groups in total. The third-order valence-corrected chi connectivity index (χ3v) is 3.68. The molecule has 0 heterocycles. The first-order chi connectivity index (χ1) is 12.8. The molecule has 0 radical (unpaired) electrons. The minimum absolute atomic E-state index is 0.0488. The van der Waals surface area contributed by atoms with Crippen molar-refractivity contribution in [1.82, 2.24) is 5.32 Å². The summed E-state index contributed by atoms with van der Waals surface area (Å²) in [4.78, 5) is 20.4. The number of nitrogens with one attached hydrogen (secondary N) is 1. The van der Waals surface area contributed by atoms with Crippen LogP contribution in [0.15, 0.2) is 40.0 Å². The molecule has 0 aromatic heterocycles. The van der Waals surface area contributed by atoms with Gasteiger partial charge in [-0.15, -0.1) is 0 Å². The maximum absolute atomic E-state index is 12.6. The lowest BCUT2D eigenvalue weighted by molar-refractivity contribution is -0.117. The van der Waals surface area contributed by atoms with E-state index in [1.807, 2.05) is 0 Å². The molecule has 0 unspecified atom stereocenters. The third kappa shape index (κ3) is 6.39. The minimum Gasteiger partial charge on any atom is -0.487 e. The number of rotatable bonds is 9. The summed E-state index contributed by atoms with van der Waals surface area (Å²) in [6.07, 6.45) is 3.17. The van der Waals surface area contributed by atoms with Crippen molar-refractivity contribution in [2.75, 3.05) is 39.6 Å². The van der Waals surface area contributed by atoms with Gasteiger partial charge in [0.1, 0.15) is 18.1 Å². The molecule has 0 atom stereocenters. The van der Waals surface area contributed by atoms with Crippen LogP contribution >= 0.6 is 0 Å². The van der Waals surface area contributed by atoms with Crippen LogP contribution in [-0.2, 0) is 4.79 Å². The van der Waals surface area contributed by atoms with Crippen LogP contribution in [0.3, 0.4) is 0 Å². The molecule has 9 heteroatoms. The van der Waals surface area contributed by atoms with Crippen molar-refractivity contribution in [1.29, 1.82) is 0 Å². The number of hydrogen-bond donors (Lipinski definition) is 5. The van der Waals surface area contributed by atoms with Crippen LogP contribution in [0.25, 0.3) is 0 Å². The number of carbonyl (C=O) groups is 1. The number of allylic oxidation sites excluding steroid dienone is 1. The van der Waals surface area contributed by atoms with Gasteiger partial charge in [0.2, 0.25) is 0 Å². The van der Waals surface area contributed by atoms with Crippen LogP contribution < -0.4 is 21.5 Å². The highest BCUT2D eigenvalue weighted by Gasteiger charge is 2.28. The molecule has 27 heavy (non-hydrogen) atoms. The fourth-order valence-corrected chi connectivity index (χ4v) is 2.02. The first-order valence-electron chi connectivity index (χ1n) is 8.20. The molecular formula is C18H27N5O4. The van der Waals surface area contributed by atoms with Gasteiger partial charge < -0.3 is 31.7 Å². The maximum Gasteiger partial charge on any atom is 0.270 e. The molecule has 0 spiro atoms. The fraction of sp³-hybridized carbons (Fsp3) is 0.389. The summed E-state index contributed by atoms with van der Waals surface area (Å²) in [5.41, 5.74) is 11.8. The monoisotopic (exact) mass is 377 g/mol. The number of benzene rings is 1. The number of nitrogens with zero attached hydrogens (tertiary/aromatic N) is 2. The first-order valence-corrected chi connectivity index (χ1v) is 8.20. The second kappa shape index (κ2) is 10.3. The summed E-state index contributed by atoms with van der Waals surface area (Å²) in [5.74, 6) is -0.129. The van der Waals surface area contributed by atoms with Gasteiger partial charge in [-0.2, -0.15) is 0 Å². The molecule has 0 fully saturated rings. The zero-order valence-electron chi connectivity index (χ0n) is 15.8. The summed E-state index contributed by atoms with van der Waals surface area (Å²) in [7, 11) is 3.08. The van der Waals surface area contributed by atoms with E-state index in [-0.39, 0.29) is 12.3 Å². The molecular weight excluding hydrogens is 350 g/mol. The Hall–Kier alpha value is -2.91. The van der Waals surface area contributed by atoms with Gasteiger partial charge in [-0.25, -0.2) is 0 Å². The topological polar surface area (TPSA) is 156 Å². The van der Waals surface area contributed by atoms with Crippen molar-refractivity contribution in [3.8, 4) is 5.75 Å². The Labute approximate surface area is 158 Å². The van der Waals surface area contributed by atoms with Crippen molar-refractivity contribution < 1.29 is 19.7 Å². The molecule has 0 saturated heterocycles. The van der Waals surface area contributed by atoms with Gasteiger partial charge in [-0.05, 0) is 31.2 Å². The minimum atomic E-state index is -1.18. The number of aliphatic hydroxyl groups is 2. The van der Waals surface area contributed by atoms with Crippen LogP contribution in [0, 0.1) is 0 Å². The van der Waals surface area contributed by atoms with Gasteiger partial charge in [-0.3, -0.25) is 14.8 Å². The van der Waals surface area contributed by atoms with Crippen LogP contribution in [0.2, 0.25) is 0 Å². The van der Waals surface area contributed by atoms with E-state index in [2.05, 4.69) is 15.3 Å². The van der Waals surface area contributed by atoms with E-state index in [4.69, 9.17) is 16.2 Å². The Morgan fingerprint density at radius 3 is 2.56 bits per heavy atom. The Kier molecular flexibility index (Phi) is 8.43. The van der Waals surface area contributed by atoms with E-state index in [0.29, 0.717) is 22.7 Å². The third-order valence-electron chi connectivity index (χ3n) is 3.68. The number of hydrogen-bond acceptors (Lipinski definition) is 8. The standard InChI is InChI=1S/C18H27N5O4/c1-18(10-24,11-25)23-17(26)16(22-3)14-8-13(4-5-15(14)20)27-9-12(19)6-7-21-2/h4-8,24-25H,9-11,19-20H2,1-3H3,(H,23,26). The molecule has 0 aliphatic heterocycles. The lowest BCUT2D eigenvalue weighted by Crippen LogP contribution is -2.53. The first kappa shape index (κ1) is 22.1. The highest BCUT2D eigenvalue weighted by Crippen LogP contribution is 2.21. The van der Waals surface area contributed by atoms with Gasteiger partial charge >= 0.3 is 0 Å². The van der Waals surface area contributed by atoms with Crippen LogP contribution in [0.1, 0.15) is 12.5 Å². The lowest BCUT2D eigenvalue weighted by atomic mass is 10.0.